The number of hydrogen-bond acceptors (Lipinski definition) is 6. The number of methoxy groups -OCH3 is 2. The molecule has 6 heteroatoms. The predicted molar refractivity (Wildman–Crippen MR) is 54.6 cm³/mol. The zero-order valence-corrected chi connectivity index (χ0v) is 8.98. The summed E-state index contributed by atoms with van der Waals surface area (Å²) < 4.78 is 9.51. The molecule has 1 aromatic carbocycles. The summed E-state index contributed by atoms with van der Waals surface area (Å²) in [6, 6.07) is 2.68. The summed E-state index contributed by atoms with van der Waals surface area (Å²) in [6.45, 7) is 0.0137. The van der Waals surface area contributed by atoms with Crippen LogP contribution < -0.4 is 10.2 Å². The molecule has 0 unspecified atom stereocenters. The molecule has 0 heterocycles. The number of esters is 1. The Kier molecular flexibility index (Phi) is 4.10. The third kappa shape index (κ3) is 2.41. The minimum atomic E-state index is -0.573. The van der Waals surface area contributed by atoms with Crippen molar-refractivity contribution < 1.29 is 24.6 Å². The molecular weight excluding hydrogens is 214 g/mol. The van der Waals surface area contributed by atoms with E-state index in [1.54, 1.807) is 0 Å². The van der Waals surface area contributed by atoms with Gasteiger partial charge in [0, 0.05) is 18.2 Å². The van der Waals surface area contributed by atoms with Crippen molar-refractivity contribution in [2.45, 2.75) is 6.54 Å². The Morgan fingerprint density at radius 1 is 1.44 bits per heavy atom. The number of benzene rings is 1. The molecule has 0 atom stereocenters. The number of aromatic hydroxyl groups is 1. The van der Waals surface area contributed by atoms with E-state index in [0.717, 1.165) is 0 Å². The minimum Gasteiger partial charge on any atom is -0.507 e. The normalized spacial score (nSPS) is 9.94. The molecule has 88 valence electrons. The number of hydroxylamine groups is 1. The van der Waals surface area contributed by atoms with Gasteiger partial charge < -0.3 is 19.8 Å². The van der Waals surface area contributed by atoms with Crippen LogP contribution in [0.2, 0.25) is 0 Å². The first-order chi connectivity index (χ1) is 7.63. The second kappa shape index (κ2) is 5.34. The first kappa shape index (κ1) is 12.3. The van der Waals surface area contributed by atoms with Crippen LogP contribution in [0.15, 0.2) is 12.1 Å². The first-order valence-corrected chi connectivity index (χ1v) is 4.49. The lowest BCUT2D eigenvalue weighted by Gasteiger charge is -2.10. The van der Waals surface area contributed by atoms with Crippen molar-refractivity contribution in [1.29, 1.82) is 0 Å². The molecule has 16 heavy (non-hydrogen) atoms. The van der Waals surface area contributed by atoms with Gasteiger partial charge in [-0.25, -0.2) is 10.3 Å². The topological polar surface area (TPSA) is 88.0 Å². The van der Waals surface area contributed by atoms with Gasteiger partial charge in [0.05, 0.1) is 14.2 Å². The van der Waals surface area contributed by atoms with E-state index in [9.17, 15) is 9.90 Å². The van der Waals surface area contributed by atoms with Crippen LogP contribution in [-0.2, 0) is 11.3 Å². The van der Waals surface area contributed by atoms with Gasteiger partial charge in [-0.2, -0.15) is 0 Å². The third-order valence-electron chi connectivity index (χ3n) is 2.08. The van der Waals surface area contributed by atoms with Crippen LogP contribution in [0.1, 0.15) is 15.9 Å². The molecule has 6 nitrogen and oxygen atoms in total. The lowest BCUT2D eigenvalue weighted by atomic mass is 10.1. The highest BCUT2D eigenvalue weighted by molar-refractivity contribution is 5.93. The maximum absolute atomic E-state index is 11.4. The summed E-state index contributed by atoms with van der Waals surface area (Å²) in [5, 5.41) is 18.1. The van der Waals surface area contributed by atoms with Gasteiger partial charge in [-0.05, 0) is 6.07 Å². The molecule has 1 aromatic rings. The van der Waals surface area contributed by atoms with E-state index in [2.05, 4.69) is 4.74 Å². The number of hydrogen-bond donors (Lipinski definition) is 3. The highest BCUT2D eigenvalue weighted by Gasteiger charge is 2.16. The van der Waals surface area contributed by atoms with Crippen molar-refractivity contribution in [3.8, 4) is 11.5 Å². The largest absolute Gasteiger partial charge is 0.507 e. The van der Waals surface area contributed by atoms with Gasteiger partial charge in [-0.3, -0.25) is 0 Å². The number of phenolic OH excluding ortho intramolecular Hbond substituents is 1. The lowest BCUT2D eigenvalue weighted by Crippen LogP contribution is -2.09. The molecule has 0 saturated heterocycles. The summed E-state index contributed by atoms with van der Waals surface area (Å²) in [4.78, 5) is 11.4. The number of ether oxygens (including phenoxy) is 2. The zero-order valence-electron chi connectivity index (χ0n) is 8.98. The molecule has 0 aliphatic carbocycles. The van der Waals surface area contributed by atoms with E-state index in [0.29, 0.717) is 5.56 Å². The van der Waals surface area contributed by atoms with Gasteiger partial charge in [0.15, 0.2) is 0 Å². The fraction of sp³-hybridized carbons (Fsp3) is 0.300. The fourth-order valence-corrected chi connectivity index (χ4v) is 1.28. The number of carbonyl (C=O) groups excluding carboxylic acids is 1. The van der Waals surface area contributed by atoms with Crippen LogP contribution in [0.3, 0.4) is 0 Å². The second-order valence-corrected chi connectivity index (χ2v) is 3.01. The first-order valence-electron chi connectivity index (χ1n) is 4.49. The highest BCUT2D eigenvalue weighted by atomic mass is 16.5. The predicted octanol–water partition coefficient (Wildman–Crippen LogP) is 0.666. The molecule has 0 bridgehead atoms. The van der Waals surface area contributed by atoms with Crippen LogP contribution in [0.5, 0.6) is 11.5 Å². The summed E-state index contributed by atoms with van der Waals surface area (Å²) in [7, 11) is 2.63. The summed E-state index contributed by atoms with van der Waals surface area (Å²) in [5.41, 5.74) is 2.45. The Morgan fingerprint density at radius 3 is 2.62 bits per heavy atom. The van der Waals surface area contributed by atoms with Gasteiger partial charge in [0.25, 0.3) is 0 Å². The standard InChI is InChI=1S/C10H13NO5/c1-15-9-4-8(12)6(5-11-14)3-7(9)10(13)16-2/h3-4,11-12,14H,5H2,1-2H3. The average molecular weight is 227 g/mol. The molecule has 0 fully saturated rings. The van der Waals surface area contributed by atoms with Crippen LogP contribution in [0.25, 0.3) is 0 Å². The van der Waals surface area contributed by atoms with Crippen LogP contribution in [0, 0.1) is 0 Å². The van der Waals surface area contributed by atoms with Gasteiger partial charge in [-0.1, -0.05) is 0 Å². The van der Waals surface area contributed by atoms with Crippen molar-refractivity contribution in [1.82, 2.24) is 5.48 Å². The van der Waals surface area contributed by atoms with Crippen molar-refractivity contribution in [3.63, 3.8) is 0 Å². The van der Waals surface area contributed by atoms with Crippen molar-refractivity contribution in [2.24, 2.45) is 0 Å². The second-order valence-electron chi connectivity index (χ2n) is 3.01. The van der Waals surface area contributed by atoms with E-state index in [4.69, 9.17) is 9.94 Å². The number of phenols is 1. The van der Waals surface area contributed by atoms with E-state index < -0.39 is 5.97 Å². The van der Waals surface area contributed by atoms with E-state index in [1.807, 2.05) is 5.48 Å². The minimum absolute atomic E-state index is 0.0137. The molecule has 0 aliphatic heterocycles. The van der Waals surface area contributed by atoms with E-state index >= 15 is 0 Å². The Hall–Kier alpha value is -1.79. The van der Waals surface area contributed by atoms with Crippen molar-refractivity contribution in [3.05, 3.63) is 23.3 Å². The molecular formula is C10H13NO5. The molecule has 0 spiro atoms. The SMILES string of the molecule is COC(=O)c1cc(CNO)c(O)cc1OC. The lowest BCUT2D eigenvalue weighted by molar-refractivity contribution is 0.0596. The molecule has 0 amide bonds. The van der Waals surface area contributed by atoms with E-state index in [-0.39, 0.29) is 23.6 Å². The maximum atomic E-state index is 11.4. The number of rotatable bonds is 4. The molecule has 1 rings (SSSR count). The number of nitrogens with one attached hydrogen (secondary N) is 1. The van der Waals surface area contributed by atoms with Gasteiger partial charge in [0.1, 0.15) is 17.1 Å². The monoisotopic (exact) mass is 227 g/mol. The zero-order chi connectivity index (χ0) is 12.1. The molecule has 0 saturated carbocycles. The Morgan fingerprint density at radius 2 is 2.12 bits per heavy atom. The van der Waals surface area contributed by atoms with Gasteiger partial charge in [-0.15, -0.1) is 0 Å². The summed E-state index contributed by atoms with van der Waals surface area (Å²) in [6.07, 6.45) is 0. The molecule has 0 radical (unpaired) electrons. The molecule has 3 N–H and O–H groups in total. The van der Waals surface area contributed by atoms with Crippen LogP contribution in [-0.4, -0.2) is 30.5 Å². The van der Waals surface area contributed by atoms with Gasteiger partial charge in [0.2, 0.25) is 0 Å². The van der Waals surface area contributed by atoms with Crippen LogP contribution in [0.4, 0.5) is 0 Å². The highest BCUT2D eigenvalue weighted by Crippen LogP contribution is 2.28. The fourth-order valence-electron chi connectivity index (χ4n) is 1.28. The Labute approximate surface area is 92.4 Å². The smallest absolute Gasteiger partial charge is 0.341 e. The summed E-state index contributed by atoms with van der Waals surface area (Å²) >= 11 is 0. The molecule has 0 aromatic heterocycles. The van der Waals surface area contributed by atoms with Crippen molar-refractivity contribution >= 4 is 5.97 Å². The van der Waals surface area contributed by atoms with Crippen LogP contribution >= 0.6 is 0 Å². The third-order valence-corrected chi connectivity index (χ3v) is 2.08. The van der Waals surface area contributed by atoms with E-state index in [1.165, 1.54) is 26.4 Å². The van der Waals surface area contributed by atoms with Crippen molar-refractivity contribution in [2.75, 3.05) is 14.2 Å². The quantitative estimate of drug-likeness (QED) is 0.517. The maximum Gasteiger partial charge on any atom is 0.341 e. The Balaban J connectivity index is 3.22. The summed E-state index contributed by atoms with van der Waals surface area (Å²) in [5.74, 6) is -0.437. The average Bonchev–Trinajstić information content (AvgIpc) is 2.30. The van der Waals surface area contributed by atoms with Gasteiger partial charge >= 0.3 is 5.97 Å². The molecule has 0 aliphatic rings. The Bertz CT molecular complexity index is 391. The number of carbonyl (C=O) groups is 1.